The molecule has 138 valence electrons. The van der Waals surface area contributed by atoms with E-state index < -0.39 is 6.10 Å². The van der Waals surface area contributed by atoms with Crippen LogP contribution in [0.2, 0.25) is 0 Å². The van der Waals surface area contributed by atoms with Crippen LogP contribution in [0.1, 0.15) is 11.3 Å². The van der Waals surface area contributed by atoms with Gasteiger partial charge in [0.15, 0.2) is 6.10 Å². The van der Waals surface area contributed by atoms with Gasteiger partial charge in [0.05, 0.1) is 24.5 Å². The Kier molecular flexibility index (Phi) is 4.27. The van der Waals surface area contributed by atoms with Crippen molar-refractivity contribution in [1.82, 2.24) is 14.7 Å². The summed E-state index contributed by atoms with van der Waals surface area (Å²) in [5, 5.41) is 2.63. The van der Waals surface area contributed by atoms with Gasteiger partial charge in [0.2, 0.25) is 0 Å². The van der Waals surface area contributed by atoms with Gasteiger partial charge in [0, 0.05) is 19.3 Å². The lowest BCUT2D eigenvalue weighted by atomic mass is 10.1. The van der Waals surface area contributed by atoms with E-state index in [-0.39, 0.29) is 11.5 Å². The summed E-state index contributed by atoms with van der Waals surface area (Å²) in [6.45, 7) is 2.72. The van der Waals surface area contributed by atoms with Gasteiger partial charge in [0.25, 0.3) is 11.5 Å². The molecular weight excluding hydrogens is 344 g/mol. The van der Waals surface area contributed by atoms with Crippen LogP contribution in [0.3, 0.4) is 0 Å². The second-order valence-corrected chi connectivity index (χ2v) is 6.54. The number of benzene rings is 1. The van der Waals surface area contributed by atoms with Crippen LogP contribution in [0.15, 0.2) is 53.5 Å². The van der Waals surface area contributed by atoms with E-state index in [9.17, 15) is 9.59 Å². The molecule has 1 aliphatic heterocycles. The van der Waals surface area contributed by atoms with E-state index in [1.807, 2.05) is 48.2 Å². The number of aryl methyl sites for hydroxylation is 1. The number of likely N-dealkylation sites (N-methyl/N-ethyl adjacent to an activating group) is 1. The highest BCUT2D eigenvalue weighted by molar-refractivity contribution is 5.83. The zero-order valence-corrected chi connectivity index (χ0v) is 15.2. The molecule has 1 N–H and O–H groups in total. The summed E-state index contributed by atoms with van der Waals surface area (Å²) in [7, 11) is 1.59. The fourth-order valence-electron chi connectivity index (χ4n) is 3.34. The molecule has 0 aliphatic carbocycles. The van der Waals surface area contributed by atoms with Crippen molar-refractivity contribution in [2.24, 2.45) is 0 Å². The molecular formula is C20H20N4O3. The highest BCUT2D eigenvalue weighted by Crippen LogP contribution is 2.33. The van der Waals surface area contributed by atoms with E-state index in [0.29, 0.717) is 30.2 Å². The minimum Gasteiger partial charge on any atom is -0.477 e. The molecule has 0 radical (unpaired) electrons. The number of hydrogen-bond donors (Lipinski definition) is 1. The topological polar surface area (TPSA) is 75.9 Å². The lowest BCUT2D eigenvalue weighted by molar-refractivity contribution is -0.127. The van der Waals surface area contributed by atoms with Gasteiger partial charge in [-0.1, -0.05) is 18.2 Å². The Labute approximate surface area is 156 Å². The number of carbonyl (C=O) groups excluding carboxylic acids is 1. The van der Waals surface area contributed by atoms with Gasteiger partial charge in [-0.05, 0) is 30.7 Å². The molecule has 27 heavy (non-hydrogen) atoms. The summed E-state index contributed by atoms with van der Waals surface area (Å²) < 4.78 is 7.37. The number of fused-ring (bicyclic) bond motifs is 2. The molecule has 0 spiro atoms. The van der Waals surface area contributed by atoms with Gasteiger partial charge in [-0.2, -0.15) is 0 Å². The largest absolute Gasteiger partial charge is 0.477 e. The summed E-state index contributed by atoms with van der Waals surface area (Å²) in [6.07, 6.45) is 1.10. The highest BCUT2D eigenvalue weighted by atomic mass is 16.5. The number of ether oxygens (including phenoxy) is 1. The van der Waals surface area contributed by atoms with Crippen molar-refractivity contribution in [2.45, 2.75) is 19.6 Å². The number of anilines is 1. The van der Waals surface area contributed by atoms with E-state index in [4.69, 9.17) is 4.74 Å². The summed E-state index contributed by atoms with van der Waals surface area (Å²) in [5.41, 5.74) is 2.99. The maximum atomic E-state index is 12.5. The average Bonchev–Trinajstić information content (AvgIpc) is 2.68. The monoisotopic (exact) mass is 364 g/mol. The van der Waals surface area contributed by atoms with E-state index >= 15 is 0 Å². The normalized spacial score (nSPS) is 15.9. The van der Waals surface area contributed by atoms with Gasteiger partial charge in [-0.15, -0.1) is 0 Å². The zero-order valence-electron chi connectivity index (χ0n) is 15.2. The number of rotatable bonds is 3. The first kappa shape index (κ1) is 17.1. The molecule has 0 saturated carbocycles. The van der Waals surface area contributed by atoms with Crippen LogP contribution >= 0.6 is 0 Å². The van der Waals surface area contributed by atoms with Crippen LogP contribution in [0.5, 0.6) is 5.75 Å². The van der Waals surface area contributed by atoms with Crippen molar-refractivity contribution in [3.05, 3.63) is 70.3 Å². The molecule has 1 unspecified atom stereocenters. The molecule has 2 aromatic heterocycles. The molecule has 1 atom stereocenters. The Morgan fingerprint density at radius 2 is 2.11 bits per heavy atom. The molecule has 1 aromatic carbocycles. The van der Waals surface area contributed by atoms with Crippen LogP contribution in [0, 0.1) is 6.92 Å². The average molecular weight is 364 g/mol. The summed E-state index contributed by atoms with van der Waals surface area (Å²) >= 11 is 0. The molecule has 4 rings (SSSR count). The molecule has 3 heterocycles. The number of nitrogens with zero attached hydrogens (tertiary/aromatic N) is 3. The van der Waals surface area contributed by atoms with Crippen LogP contribution in [-0.4, -0.2) is 35.0 Å². The zero-order chi connectivity index (χ0) is 19.0. The molecule has 1 aliphatic rings. The second kappa shape index (κ2) is 6.75. The van der Waals surface area contributed by atoms with E-state index in [1.165, 1.54) is 0 Å². The molecule has 0 saturated heterocycles. The van der Waals surface area contributed by atoms with Crippen molar-refractivity contribution < 1.29 is 9.53 Å². The van der Waals surface area contributed by atoms with Gasteiger partial charge in [0.1, 0.15) is 11.4 Å². The fraction of sp³-hybridized carbons (Fsp3) is 0.250. The van der Waals surface area contributed by atoms with Crippen LogP contribution in [0.4, 0.5) is 5.69 Å². The van der Waals surface area contributed by atoms with Crippen molar-refractivity contribution in [3.8, 4) is 5.75 Å². The Bertz CT molecular complexity index is 1080. The number of carbonyl (C=O) groups is 1. The summed E-state index contributed by atoms with van der Waals surface area (Å²) in [4.78, 5) is 31.3. The predicted octanol–water partition coefficient (Wildman–Crippen LogP) is 1.52. The van der Waals surface area contributed by atoms with E-state index in [0.717, 1.165) is 11.3 Å². The third kappa shape index (κ3) is 3.12. The van der Waals surface area contributed by atoms with Gasteiger partial charge >= 0.3 is 0 Å². The quantitative estimate of drug-likeness (QED) is 0.763. The van der Waals surface area contributed by atoms with Gasteiger partial charge in [-0.25, -0.2) is 4.98 Å². The third-order valence-electron chi connectivity index (χ3n) is 4.69. The van der Waals surface area contributed by atoms with Gasteiger partial charge < -0.3 is 15.0 Å². The standard InChI is InChI=1S/C20H20N4O3/c1-13-6-5-9-24-18(25)10-14(22-19(13)24)11-23-12-17(20(26)21-2)27-16-8-4-3-7-15(16)23/h3-10,17H,11-12H2,1-2H3,(H,21,26). The van der Waals surface area contributed by atoms with E-state index in [1.54, 1.807) is 23.7 Å². The van der Waals surface area contributed by atoms with Crippen LogP contribution in [0.25, 0.3) is 5.65 Å². The van der Waals surface area contributed by atoms with Crippen LogP contribution in [-0.2, 0) is 11.3 Å². The van der Waals surface area contributed by atoms with Crippen molar-refractivity contribution in [1.29, 1.82) is 0 Å². The Hall–Kier alpha value is -3.35. The maximum Gasteiger partial charge on any atom is 0.262 e. The number of para-hydroxylation sites is 2. The Morgan fingerprint density at radius 3 is 2.93 bits per heavy atom. The number of hydrogen-bond acceptors (Lipinski definition) is 5. The maximum absolute atomic E-state index is 12.5. The number of pyridine rings is 1. The van der Waals surface area contributed by atoms with Crippen LogP contribution < -0.4 is 20.5 Å². The number of aromatic nitrogens is 2. The predicted molar refractivity (Wildman–Crippen MR) is 102 cm³/mol. The van der Waals surface area contributed by atoms with Crippen molar-refractivity contribution in [3.63, 3.8) is 0 Å². The fourth-order valence-corrected chi connectivity index (χ4v) is 3.34. The Balaban J connectivity index is 1.73. The van der Waals surface area contributed by atoms with E-state index in [2.05, 4.69) is 10.3 Å². The molecule has 7 heteroatoms. The minimum absolute atomic E-state index is 0.122. The first-order valence-corrected chi connectivity index (χ1v) is 8.77. The first-order valence-electron chi connectivity index (χ1n) is 8.77. The Morgan fingerprint density at radius 1 is 1.30 bits per heavy atom. The lowest BCUT2D eigenvalue weighted by Gasteiger charge is -2.35. The SMILES string of the molecule is CNC(=O)C1CN(Cc2cc(=O)n3cccc(C)c3n2)c2ccccc2O1. The van der Waals surface area contributed by atoms with Gasteiger partial charge in [-0.3, -0.25) is 14.0 Å². The first-order chi connectivity index (χ1) is 13.1. The molecule has 7 nitrogen and oxygen atoms in total. The molecule has 0 fully saturated rings. The highest BCUT2D eigenvalue weighted by Gasteiger charge is 2.30. The van der Waals surface area contributed by atoms with Crippen molar-refractivity contribution in [2.75, 3.05) is 18.5 Å². The van der Waals surface area contributed by atoms with Crippen molar-refractivity contribution >= 4 is 17.2 Å². The third-order valence-corrected chi connectivity index (χ3v) is 4.69. The summed E-state index contributed by atoms with van der Waals surface area (Å²) in [5.74, 6) is 0.461. The molecule has 3 aromatic rings. The minimum atomic E-state index is -0.617. The molecule has 1 amide bonds. The smallest absolute Gasteiger partial charge is 0.262 e. The lowest BCUT2D eigenvalue weighted by Crippen LogP contribution is -2.48. The molecule has 0 bridgehead atoms. The number of amides is 1. The number of nitrogens with one attached hydrogen (secondary N) is 1. The summed E-state index contributed by atoms with van der Waals surface area (Å²) in [6, 6.07) is 12.9. The second-order valence-electron chi connectivity index (χ2n) is 6.54.